The lowest BCUT2D eigenvalue weighted by atomic mass is 10.3. The zero-order chi connectivity index (χ0) is 17.7. The van der Waals surface area contributed by atoms with E-state index in [0.717, 1.165) is 12.1 Å². The number of sulfone groups is 1. The van der Waals surface area contributed by atoms with Crippen LogP contribution in [0.1, 0.15) is 33.3 Å². The normalized spacial score (nSPS) is 12.7. The molecular formula is C15H30IN5O2S. The number of nitrogens with one attached hydrogen (secondary N) is 1. The average Bonchev–Trinajstić information content (AvgIpc) is 2.81. The minimum absolute atomic E-state index is 0. The van der Waals surface area contributed by atoms with Crippen LogP contribution in [-0.4, -0.2) is 59.7 Å². The second-order valence-corrected chi connectivity index (χ2v) is 9.41. The summed E-state index contributed by atoms with van der Waals surface area (Å²) in [4.78, 5) is 6.40. The van der Waals surface area contributed by atoms with Crippen LogP contribution < -0.4 is 5.32 Å². The Labute approximate surface area is 162 Å². The Balaban J connectivity index is 0.00000529. The molecule has 0 saturated heterocycles. The van der Waals surface area contributed by atoms with Gasteiger partial charge in [-0.3, -0.25) is 9.67 Å². The quantitative estimate of drug-likeness (QED) is 0.388. The topological polar surface area (TPSA) is 79.6 Å². The molecule has 0 atom stereocenters. The fourth-order valence-electron chi connectivity index (χ4n) is 1.95. The summed E-state index contributed by atoms with van der Waals surface area (Å²) in [5, 5.41) is 7.34. The highest BCUT2D eigenvalue weighted by atomic mass is 127. The number of hydrogen-bond donors (Lipinski definition) is 1. The van der Waals surface area contributed by atoms with Gasteiger partial charge in [-0.1, -0.05) is 0 Å². The third-order valence-corrected chi connectivity index (χ3v) is 6.02. The van der Waals surface area contributed by atoms with E-state index in [1.165, 1.54) is 0 Å². The van der Waals surface area contributed by atoms with Gasteiger partial charge in [-0.2, -0.15) is 5.10 Å². The largest absolute Gasteiger partial charge is 0.357 e. The van der Waals surface area contributed by atoms with Crippen molar-refractivity contribution in [2.45, 2.75) is 39.0 Å². The molecule has 1 aromatic rings. The second-order valence-electron chi connectivity index (χ2n) is 6.55. The van der Waals surface area contributed by atoms with Gasteiger partial charge in [-0.15, -0.1) is 24.0 Å². The first-order valence-electron chi connectivity index (χ1n) is 7.76. The molecule has 0 bridgehead atoms. The number of aromatic nitrogens is 2. The number of nitrogens with zero attached hydrogens (tertiary/aromatic N) is 4. The third-order valence-electron chi connectivity index (χ3n) is 3.43. The molecule has 9 heteroatoms. The van der Waals surface area contributed by atoms with Crippen LogP contribution in [0.15, 0.2) is 17.4 Å². The third kappa shape index (κ3) is 6.96. The van der Waals surface area contributed by atoms with Crippen molar-refractivity contribution < 1.29 is 8.42 Å². The molecule has 0 radical (unpaired) electrons. The summed E-state index contributed by atoms with van der Waals surface area (Å²) in [6.45, 7) is 8.76. The summed E-state index contributed by atoms with van der Waals surface area (Å²) < 4.78 is 25.3. The molecule has 1 heterocycles. The average molecular weight is 471 g/mol. The Morgan fingerprint density at radius 3 is 2.50 bits per heavy atom. The van der Waals surface area contributed by atoms with E-state index in [1.807, 2.05) is 38.3 Å². The Bertz CT molecular complexity index is 635. The van der Waals surface area contributed by atoms with Gasteiger partial charge in [0.15, 0.2) is 15.8 Å². The number of aryl methyl sites for hydroxylation is 1. The molecule has 7 nitrogen and oxygen atoms in total. The Kier molecular flexibility index (Phi) is 9.26. The van der Waals surface area contributed by atoms with Crippen LogP contribution in [0.5, 0.6) is 0 Å². The van der Waals surface area contributed by atoms with E-state index in [1.54, 1.807) is 25.5 Å². The van der Waals surface area contributed by atoms with Crippen LogP contribution >= 0.6 is 24.0 Å². The first-order chi connectivity index (χ1) is 10.6. The van der Waals surface area contributed by atoms with Crippen LogP contribution in [0.4, 0.5) is 0 Å². The molecule has 0 aliphatic heterocycles. The highest BCUT2D eigenvalue weighted by Crippen LogP contribution is 2.15. The van der Waals surface area contributed by atoms with Gasteiger partial charge >= 0.3 is 0 Å². The van der Waals surface area contributed by atoms with Gasteiger partial charge in [0.05, 0.1) is 23.2 Å². The number of hydrogen-bond acceptors (Lipinski definition) is 4. The minimum Gasteiger partial charge on any atom is -0.357 e. The lowest BCUT2D eigenvalue weighted by Gasteiger charge is -2.22. The van der Waals surface area contributed by atoms with Crippen molar-refractivity contribution in [2.75, 3.05) is 25.9 Å². The maximum Gasteiger partial charge on any atom is 0.193 e. The first kappa shape index (κ1) is 23.2. The SMILES string of the molecule is CCNC(=NCCS(=O)(=O)C(C)(C)C)N(C)Cc1cnn(C)c1.I. The number of halogens is 1. The van der Waals surface area contributed by atoms with E-state index in [9.17, 15) is 8.42 Å². The lowest BCUT2D eigenvalue weighted by molar-refractivity contribution is 0.477. The van der Waals surface area contributed by atoms with Crippen LogP contribution in [0, 0.1) is 0 Å². The smallest absolute Gasteiger partial charge is 0.193 e. The summed E-state index contributed by atoms with van der Waals surface area (Å²) in [6, 6.07) is 0. The van der Waals surface area contributed by atoms with Crippen molar-refractivity contribution in [1.82, 2.24) is 20.0 Å². The molecule has 1 aromatic heterocycles. The van der Waals surface area contributed by atoms with E-state index < -0.39 is 14.6 Å². The Morgan fingerprint density at radius 1 is 1.42 bits per heavy atom. The number of guanidine groups is 1. The van der Waals surface area contributed by atoms with E-state index in [0.29, 0.717) is 12.5 Å². The fraction of sp³-hybridized carbons (Fsp3) is 0.733. The molecule has 0 aromatic carbocycles. The molecular weight excluding hydrogens is 441 g/mol. The Morgan fingerprint density at radius 2 is 2.04 bits per heavy atom. The minimum atomic E-state index is -3.16. The summed E-state index contributed by atoms with van der Waals surface area (Å²) in [5.74, 6) is 0.743. The van der Waals surface area contributed by atoms with Crippen LogP contribution in [0.3, 0.4) is 0 Å². The molecule has 0 spiro atoms. The van der Waals surface area contributed by atoms with Crippen molar-refractivity contribution in [3.05, 3.63) is 18.0 Å². The van der Waals surface area contributed by atoms with Crippen LogP contribution in [0.2, 0.25) is 0 Å². The highest BCUT2D eigenvalue weighted by molar-refractivity contribution is 14.0. The molecule has 0 amide bonds. The van der Waals surface area contributed by atoms with Crippen LogP contribution in [0.25, 0.3) is 0 Å². The van der Waals surface area contributed by atoms with Gasteiger partial charge in [0.2, 0.25) is 0 Å². The summed E-state index contributed by atoms with van der Waals surface area (Å²) in [7, 11) is 0.642. The summed E-state index contributed by atoms with van der Waals surface area (Å²) in [6.07, 6.45) is 3.76. The van der Waals surface area contributed by atoms with Crippen LogP contribution in [-0.2, 0) is 23.4 Å². The van der Waals surface area contributed by atoms with Gasteiger partial charge in [0.1, 0.15) is 0 Å². The lowest BCUT2D eigenvalue weighted by Crippen LogP contribution is -2.39. The summed E-state index contributed by atoms with van der Waals surface area (Å²) in [5.41, 5.74) is 1.07. The highest BCUT2D eigenvalue weighted by Gasteiger charge is 2.28. The monoisotopic (exact) mass is 471 g/mol. The van der Waals surface area contributed by atoms with E-state index >= 15 is 0 Å². The van der Waals surface area contributed by atoms with Gasteiger partial charge in [-0.05, 0) is 27.7 Å². The van der Waals surface area contributed by atoms with Crippen molar-refractivity contribution in [3.8, 4) is 0 Å². The molecule has 0 saturated carbocycles. The maximum atomic E-state index is 12.1. The van der Waals surface area contributed by atoms with Gasteiger partial charge in [-0.25, -0.2) is 8.42 Å². The molecule has 1 rings (SSSR count). The molecule has 0 aliphatic rings. The van der Waals surface area contributed by atoms with Gasteiger partial charge < -0.3 is 10.2 Å². The van der Waals surface area contributed by atoms with Crippen molar-refractivity contribution in [3.63, 3.8) is 0 Å². The maximum absolute atomic E-state index is 12.1. The Hall–Kier alpha value is -0.840. The molecule has 140 valence electrons. The van der Waals surface area contributed by atoms with Crippen molar-refractivity contribution >= 4 is 39.8 Å². The predicted octanol–water partition coefficient (Wildman–Crippen LogP) is 1.65. The van der Waals surface area contributed by atoms with Crippen molar-refractivity contribution in [1.29, 1.82) is 0 Å². The van der Waals surface area contributed by atoms with E-state index in [2.05, 4.69) is 15.4 Å². The van der Waals surface area contributed by atoms with E-state index in [4.69, 9.17) is 0 Å². The molecule has 0 unspecified atom stereocenters. The van der Waals surface area contributed by atoms with Gasteiger partial charge in [0.25, 0.3) is 0 Å². The molecule has 24 heavy (non-hydrogen) atoms. The zero-order valence-electron chi connectivity index (χ0n) is 15.4. The summed E-state index contributed by atoms with van der Waals surface area (Å²) >= 11 is 0. The second kappa shape index (κ2) is 9.59. The fourth-order valence-corrected chi connectivity index (χ4v) is 2.89. The van der Waals surface area contributed by atoms with Gasteiger partial charge in [0, 0.05) is 38.9 Å². The standard InChI is InChI=1S/C15H29N5O2S.HI/c1-7-16-14(17-8-9-23(21,22)15(2,3)4)19(5)11-13-10-18-20(6)12-13;/h10,12H,7-9,11H2,1-6H3,(H,16,17);1H. The number of rotatable bonds is 6. The zero-order valence-corrected chi connectivity index (χ0v) is 18.6. The molecule has 1 N–H and O–H groups in total. The predicted molar refractivity (Wildman–Crippen MR) is 110 cm³/mol. The first-order valence-corrected chi connectivity index (χ1v) is 9.41. The molecule has 0 fully saturated rings. The number of aliphatic imine (C=N–C) groups is 1. The van der Waals surface area contributed by atoms with Crippen molar-refractivity contribution in [2.24, 2.45) is 12.0 Å². The molecule has 0 aliphatic carbocycles. The van der Waals surface area contributed by atoms with E-state index in [-0.39, 0.29) is 36.3 Å².